The predicted octanol–water partition coefficient (Wildman–Crippen LogP) is 1.83. The second-order valence-corrected chi connectivity index (χ2v) is 5.72. The molecule has 1 aromatic heterocycles. The molecular formula is C16H15N2O3S-. The highest BCUT2D eigenvalue weighted by molar-refractivity contribution is 7.15. The van der Waals surface area contributed by atoms with Gasteiger partial charge in [-0.1, -0.05) is 19.1 Å². The van der Waals surface area contributed by atoms with Crippen molar-refractivity contribution in [2.45, 2.75) is 20.3 Å². The van der Waals surface area contributed by atoms with Crippen LogP contribution < -0.4 is 10.5 Å². The van der Waals surface area contributed by atoms with E-state index in [0.29, 0.717) is 16.2 Å². The van der Waals surface area contributed by atoms with E-state index in [2.05, 4.69) is 10.5 Å². The highest BCUT2D eigenvalue weighted by Crippen LogP contribution is 2.16. The van der Waals surface area contributed by atoms with Gasteiger partial charge in [-0.05, 0) is 43.2 Å². The number of amides is 1. The van der Waals surface area contributed by atoms with Crippen molar-refractivity contribution >= 4 is 28.9 Å². The maximum atomic E-state index is 12.0. The minimum absolute atomic E-state index is 0.131. The molecule has 0 aliphatic heterocycles. The second-order valence-electron chi connectivity index (χ2n) is 4.64. The number of hydrogen-bond acceptors (Lipinski definition) is 5. The molecule has 6 heteroatoms. The molecule has 0 aliphatic rings. The summed E-state index contributed by atoms with van der Waals surface area (Å²) in [6.07, 6.45) is 0.915. The first-order valence-corrected chi connectivity index (χ1v) is 7.58. The first-order chi connectivity index (χ1) is 10.5. The third-order valence-corrected chi connectivity index (χ3v) is 4.29. The largest absolute Gasteiger partial charge is 0.544 e. The molecule has 22 heavy (non-hydrogen) atoms. The number of aromatic carboxylic acids is 1. The zero-order chi connectivity index (χ0) is 16.1. The Morgan fingerprint density at radius 2 is 1.77 bits per heavy atom. The highest BCUT2D eigenvalue weighted by atomic mass is 32.1. The summed E-state index contributed by atoms with van der Waals surface area (Å²) in [4.78, 5) is 23.5. The molecule has 114 valence electrons. The molecule has 0 saturated heterocycles. The van der Waals surface area contributed by atoms with Crippen LogP contribution in [0.2, 0.25) is 0 Å². The van der Waals surface area contributed by atoms with E-state index in [1.165, 1.54) is 6.07 Å². The second kappa shape index (κ2) is 7.00. The summed E-state index contributed by atoms with van der Waals surface area (Å²) in [5, 5.41) is 14.7. The third kappa shape index (κ3) is 3.79. The van der Waals surface area contributed by atoms with E-state index in [1.807, 2.05) is 19.1 Å². The average Bonchev–Trinajstić information content (AvgIpc) is 3.02. The summed E-state index contributed by atoms with van der Waals surface area (Å²) >= 11 is 1.06. The molecule has 0 atom stereocenters. The van der Waals surface area contributed by atoms with Gasteiger partial charge in [-0.25, -0.2) is 5.43 Å². The van der Waals surface area contributed by atoms with Crippen molar-refractivity contribution in [2.24, 2.45) is 5.10 Å². The maximum Gasteiger partial charge on any atom is 0.271 e. The van der Waals surface area contributed by atoms with Crippen LogP contribution in [0.25, 0.3) is 0 Å². The minimum atomic E-state index is -1.22. The van der Waals surface area contributed by atoms with E-state index in [4.69, 9.17) is 0 Å². The van der Waals surface area contributed by atoms with Gasteiger partial charge in [0.1, 0.15) is 0 Å². The zero-order valence-corrected chi connectivity index (χ0v) is 13.1. The summed E-state index contributed by atoms with van der Waals surface area (Å²) in [5.41, 5.74) is 4.68. The Balaban J connectivity index is 2.05. The van der Waals surface area contributed by atoms with Gasteiger partial charge in [-0.15, -0.1) is 11.3 Å². The fourth-order valence-corrected chi connectivity index (χ4v) is 2.57. The van der Waals surface area contributed by atoms with E-state index >= 15 is 0 Å². The van der Waals surface area contributed by atoms with Crippen LogP contribution >= 0.6 is 11.3 Å². The first-order valence-electron chi connectivity index (χ1n) is 6.76. The molecule has 2 rings (SSSR count). The van der Waals surface area contributed by atoms with Gasteiger partial charge >= 0.3 is 0 Å². The molecule has 0 spiro atoms. The van der Waals surface area contributed by atoms with Gasteiger partial charge < -0.3 is 9.90 Å². The molecule has 0 saturated carbocycles. The van der Waals surface area contributed by atoms with Crippen LogP contribution in [0, 0.1) is 0 Å². The smallest absolute Gasteiger partial charge is 0.271 e. The number of thiophene rings is 1. The molecular weight excluding hydrogens is 300 g/mol. The van der Waals surface area contributed by atoms with E-state index in [-0.39, 0.29) is 10.8 Å². The zero-order valence-electron chi connectivity index (χ0n) is 12.3. The third-order valence-electron chi connectivity index (χ3n) is 3.11. The lowest BCUT2D eigenvalue weighted by Crippen LogP contribution is -2.20. The Morgan fingerprint density at radius 3 is 2.32 bits per heavy atom. The monoisotopic (exact) mass is 315 g/mol. The van der Waals surface area contributed by atoms with Crippen molar-refractivity contribution in [2.75, 3.05) is 0 Å². The number of hydrazone groups is 1. The van der Waals surface area contributed by atoms with Crippen LogP contribution in [-0.4, -0.2) is 17.6 Å². The Hall–Kier alpha value is -2.47. The number of carbonyl (C=O) groups is 2. The van der Waals surface area contributed by atoms with E-state index in [9.17, 15) is 14.7 Å². The Bertz CT molecular complexity index is 717. The summed E-state index contributed by atoms with van der Waals surface area (Å²) in [5.74, 6) is -1.53. The molecule has 5 nitrogen and oxygen atoms in total. The molecule has 0 fully saturated rings. The van der Waals surface area contributed by atoms with Gasteiger partial charge in [-0.3, -0.25) is 4.79 Å². The van der Waals surface area contributed by atoms with E-state index < -0.39 is 5.97 Å². The summed E-state index contributed by atoms with van der Waals surface area (Å²) in [6.45, 7) is 3.75. The van der Waals surface area contributed by atoms with Crippen molar-refractivity contribution in [3.05, 3.63) is 57.3 Å². The van der Waals surface area contributed by atoms with Gasteiger partial charge in [0, 0.05) is 5.56 Å². The topological polar surface area (TPSA) is 81.6 Å². The number of nitrogens with one attached hydrogen (secondary N) is 1. The minimum Gasteiger partial charge on any atom is -0.544 e. The number of carboxylic acid groups (broad SMARTS) is 1. The SMILES string of the molecule is CCc1ccc(C(=O)N/N=C(/C)c2ccc(C(=O)[O-])s2)cc1. The van der Waals surface area contributed by atoms with Crippen LogP contribution in [-0.2, 0) is 6.42 Å². The lowest BCUT2D eigenvalue weighted by molar-refractivity contribution is -0.254. The molecule has 1 heterocycles. The van der Waals surface area contributed by atoms with Crippen LogP contribution in [0.4, 0.5) is 0 Å². The van der Waals surface area contributed by atoms with Crippen molar-refractivity contribution in [3.8, 4) is 0 Å². The van der Waals surface area contributed by atoms with Crippen LogP contribution in [0.3, 0.4) is 0 Å². The molecule has 1 amide bonds. The van der Waals surface area contributed by atoms with Gasteiger partial charge in [0.25, 0.3) is 5.91 Å². The first kappa shape index (κ1) is 15.9. The predicted molar refractivity (Wildman–Crippen MR) is 84.1 cm³/mol. The molecule has 0 aliphatic carbocycles. The summed E-state index contributed by atoms with van der Waals surface area (Å²) in [7, 11) is 0. The summed E-state index contributed by atoms with van der Waals surface area (Å²) < 4.78 is 0. The number of carbonyl (C=O) groups excluding carboxylic acids is 2. The van der Waals surface area contributed by atoms with E-state index in [0.717, 1.165) is 23.3 Å². The molecule has 0 radical (unpaired) electrons. The van der Waals surface area contributed by atoms with Crippen molar-refractivity contribution < 1.29 is 14.7 Å². The van der Waals surface area contributed by atoms with E-state index in [1.54, 1.807) is 25.1 Å². The van der Waals surface area contributed by atoms with Crippen LogP contribution in [0.1, 0.15) is 44.3 Å². The normalized spacial score (nSPS) is 11.3. The van der Waals surface area contributed by atoms with Crippen LogP contribution in [0.15, 0.2) is 41.5 Å². The number of carboxylic acids is 1. The Kier molecular flexibility index (Phi) is 5.06. The van der Waals surface area contributed by atoms with Crippen molar-refractivity contribution in [1.29, 1.82) is 0 Å². The van der Waals surface area contributed by atoms with Crippen LogP contribution in [0.5, 0.6) is 0 Å². The van der Waals surface area contributed by atoms with Crippen molar-refractivity contribution in [1.82, 2.24) is 5.43 Å². The Labute approximate surface area is 132 Å². The average molecular weight is 315 g/mol. The fraction of sp³-hybridized carbons (Fsp3) is 0.188. The molecule has 0 unspecified atom stereocenters. The number of benzene rings is 1. The number of hydrogen-bond donors (Lipinski definition) is 1. The van der Waals surface area contributed by atoms with Gasteiger partial charge in [-0.2, -0.15) is 5.10 Å². The number of aryl methyl sites for hydroxylation is 1. The number of nitrogens with zero attached hydrogens (tertiary/aromatic N) is 1. The molecule has 2 aromatic rings. The standard InChI is InChI=1S/C16H16N2O3S/c1-3-11-4-6-12(7-5-11)15(19)18-17-10(2)13-8-9-14(22-13)16(20)21/h4-9H,3H2,1-2H3,(H,18,19)(H,20,21)/p-1/b17-10-. The van der Waals surface area contributed by atoms with Gasteiger partial charge in [0.15, 0.2) is 0 Å². The maximum absolute atomic E-state index is 12.0. The lowest BCUT2D eigenvalue weighted by Gasteiger charge is -2.03. The van der Waals surface area contributed by atoms with Gasteiger partial charge in [0.2, 0.25) is 0 Å². The number of rotatable bonds is 5. The lowest BCUT2D eigenvalue weighted by atomic mass is 10.1. The molecule has 1 N–H and O–H groups in total. The van der Waals surface area contributed by atoms with Gasteiger partial charge in [0.05, 0.1) is 21.4 Å². The summed E-state index contributed by atoms with van der Waals surface area (Å²) in [6, 6.07) is 10.4. The fourth-order valence-electron chi connectivity index (χ4n) is 1.79. The quantitative estimate of drug-likeness (QED) is 0.675. The molecule has 0 bridgehead atoms. The highest BCUT2D eigenvalue weighted by Gasteiger charge is 2.07. The van der Waals surface area contributed by atoms with Crippen molar-refractivity contribution in [3.63, 3.8) is 0 Å². The molecule has 1 aromatic carbocycles. The Morgan fingerprint density at radius 1 is 1.14 bits per heavy atom.